The molecule has 3 rings (SSSR count). The topological polar surface area (TPSA) is 68.5 Å². The van der Waals surface area contributed by atoms with E-state index in [1.165, 1.54) is 6.07 Å². The van der Waals surface area contributed by atoms with Gasteiger partial charge in [-0.3, -0.25) is 4.79 Å². The van der Waals surface area contributed by atoms with Gasteiger partial charge in [0.15, 0.2) is 17.4 Å². The molecule has 2 aromatic rings. The maximum atomic E-state index is 13.5. The molecule has 1 aromatic carbocycles. The smallest absolute Gasteiger partial charge is 0.226 e. The highest BCUT2D eigenvalue weighted by molar-refractivity contribution is 5.76. The predicted molar refractivity (Wildman–Crippen MR) is 88.5 cm³/mol. The summed E-state index contributed by atoms with van der Waals surface area (Å²) < 4.78 is 24.0. The average Bonchev–Trinajstić information content (AvgIpc) is 3.28. The monoisotopic (exact) mass is 347 g/mol. The largest absolute Gasteiger partial charge is 0.491 e. The van der Waals surface area contributed by atoms with Gasteiger partial charge in [-0.2, -0.15) is 4.98 Å². The number of ether oxygens (including phenoxy) is 1. The summed E-state index contributed by atoms with van der Waals surface area (Å²) in [7, 11) is 0. The quantitative estimate of drug-likeness (QED) is 0.719. The highest BCUT2D eigenvalue weighted by Crippen LogP contribution is 2.30. The molecule has 1 aromatic heterocycles. The first-order valence-electron chi connectivity index (χ1n) is 8.68. The lowest BCUT2D eigenvalue weighted by atomic mass is 10.2. The second kappa shape index (κ2) is 8.09. The van der Waals surface area contributed by atoms with Gasteiger partial charge in [0.2, 0.25) is 11.8 Å². The SMILES string of the molecule is CCc1nc([C@H]2CCCN2C(=O)CCCOc2ccccc2F)no1. The van der Waals surface area contributed by atoms with Gasteiger partial charge in [-0.15, -0.1) is 0 Å². The Morgan fingerprint density at radius 1 is 1.44 bits per heavy atom. The summed E-state index contributed by atoms with van der Waals surface area (Å²) in [6.07, 6.45) is 3.34. The number of carbonyl (C=O) groups excluding carboxylic acids is 1. The highest BCUT2D eigenvalue weighted by Gasteiger charge is 2.32. The molecule has 134 valence electrons. The van der Waals surface area contributed by atoms with E-state index in [4.69, 9.17) is 9.26 Å². The Morgan fingerprint density at radius 2 is 2.28 bits per heavy atom. The average molecular weight is 347 g/mol. The number of nitrogens with zero attached hydrogens (tertiary/aromatic N) is 3. The summed E-state index contributed by atoms with van der Waals surface area (Å²) in [5.41, 5.74) is 0. The summed E-state index contributed by atoms with van der Waals surface area (Å²) in [5.74, 6) is 1.05. The van der Waals surface area contributed by atoms with Gasteiger partial charge in [0, 0.05) is 19.4 Å². The number of halogens is 1. The van der Waals surface area contributed by atoms with Crippen LogP contribution in [-0.4, -0.2) is 34.1 Å². The van der Waals surface area contributed by atoms with Crippen LogP contribution in [0.5, 0.6) is 5.75 Å². The van der Waals surface area contributed by atoms with Crippen LogP contribution >= 0.6 is 0 Å². The van der Waals surface area contributed by atoms with Gasteiger partial charge in [0.1, 0.15) is 0 Å². The molecule has 0 aliphatic carbocycles. The molecule has 0 radical (unpaired) electrons. The fraction of sp³-hybridized carbons (Fsp3) is 0.500. The predicted octanol–water partition coefficient (Wildman–Crippen LogP) is 3.29. The van der Waals surface area contributed by atoms with E-state index in [2.05, 4.69) is 10.1 Å². The van der Waals surface area contributed by atoms with E-state index in [9.17, 15) is 9.18 Å². The van der Waals surface area contributed by atoms with Crippen LogP contribution in [0.4, 0.5) is 4.39 Å². The van der Waals surface area contributed by atoms with Crippen LogP contribution in [0.15, 0.2) is 28.8 Å². The first-order chi connectivity index (χ1) is 12.2. The lowest BCUT2D eigenvalue weighted by molar-refractivity contribution is -0.132. The number of para-hydroxylation sites is 1. The van der Waals surface area contributed by atoms with Crippen molar-refractivity contribution >= 4 is 5.91 Å². The van der Waals surface area contributed by atoms with Crippen LogP contribution in [0.1, 0.15) is 50.4 Å². The van der Waals surface area contributed by atoms with E-state index in [0.29, 0.717) is 44.1 Å². The molecular formula is C18H22FN3O3. The van der Waals surface area contributed by atoms with Gasteiger partial charge in [-0.05, 0) is 31.4 Å². The van der Waals surface area contributed by atoms with Crippen LogP contribution < -0.4 is 4.74 Å². The van der Waals surface area contributed by atoms with Crippen molar-refractivity contribution < 1.29 is 18.4 Å². The number of hydrogen-bond donors (Lipinski definition) is 0. The summed E-state index contributed by atoms with van der Waals surface area (Å²) in [5, 5.41) is 4.00. The third-order valence-electron chi connectivity index (χ3n) is 4.29. The second-order valence-corrected chi connectivity index (χ2v) is 6.03. The Bertz CT molecular complexity index is 719. The number of carbonyl (C=O) groups is 1. The van der Waals surface area contributed by atoms with Crippen molar-refractivity contribution in [2.24, 2.45) is 0 Å². The number of likely N-dealkylation sites (tertiary alicyclic amines) is 1. The molecule has 2 heterocycles. The Hall–Kier alpha value is -2.44. The Labute approximate surface area is 146 Å². The number of amides is 1. The number of aryl methyl sites for hydroxylation is 1. The minimum absolute atomic E-state index is 0.0440. The molecule has 0 unspecified atom stereocenters. The zero-order chi connectivity index (χ0) is 17.6. The fourth-order valence-corrected chi connectivity index (χ4v) is 2.99. The molecule has 1 fully saturated rings. The number of benzene rings is 1. The maximum absolute atomic E-state index is 13.5. The molecule has 7 heteroatoms. The molecule has 1 aliphatic heterocycles. The molecule has 0 spiro atoms. The zero-order valence-electron chi connectivity index (χ0n) is 14.3. The van der Waals surface area contributed by atoms with Gasteiger partial charge in [0.05, 0.1) is 12.6 Å². The van der Waals surface area contributed by atoms with Crippen molar-refractivity contribution in [1.29, 1.82) is 0 Å². The van der Waals surface area contributed by atoms with Gasteiger partial charge in [0.25, 0.3) is 0 Å². The Morgan fingerprint density at radius 3 is 3.04 bits per heavy atom. The van der Waals surface area contributed by atoms with Crippen molar-refractivity contribution in [3.63, 3.8) is 0 Å². The summed E-state index contributed by atoms with van der Waals surface area (Å²) in [4.78, 5) is 18.7. The van der Waals surface area contributed by atoms with Gasteiger partial charge in [-0.1, -0.05) is 24.2 Å². The maximum Gasteiger partial charge on any atom is 0.226 e. The van der Waals surface area contributed by atoms with Crippen LogP contribution in [0, 0.1) is 5.82 Å². The molecule has 0 saturated carbocycles. The summed E-state index contributed by atoms with van der Waals surface area (Å²) in [6.45, 7) is 2.95. The minimum Gasteiger partial charge on any atom is -0.491 e. The number of rotatable bonds is 7. The lowest BCUT2D eigenvalue weighted by Crippen LogP contribution is -2.31. The lowest BCUT2D eigenvalue weighted by Gasteiger charge is -2.22. The van der Waals surface area contributed by atoms with Crippen LogP contribution in [0.2, 0.25) is 0 Å². The second-order valence-electron chi connectivity index (χ2n) is 6.03. The Balaban J connectivity index is 1.49. The van der Waals surface area contributed by atoms with E-state index in [1.54, 1.807) is 18.2 Å². The van der Waals surface area contributed by atoms with E-state index in [1.807, 2.05) is 11.8 Å². The summed E-state index contributed by atoms with van der Waals surface area (Å²) >= 11 is 0. The minimum atomic E-state index is -0.391. The molecular weight excluding hydrogens is 325 g/mol. The zero-order valence-corrected chi connectivity index (χ0v) is 14.3. The fourth-order valence-electron chi connectivity index (χ4n) is 2.99. The molecule has 6 nitrogen and oxygen atoms in total. The first kappa shape index (κ1) is 17.4. The van der Waals surface area contributed by atoms with Crippen molar-refractivity contribution in [1.82, 2.24) is 15.0 Å². The van der Waals surface area contributed by atoms with Crippen molar-refractivity contribution in [3.8, 4) is 5.75 Å². The standard InChI is InChI=1S/C18H22FN3O3/c1-2-16-20-18(21-25-16)14-8-5-11-22(14)17(23)10-6-12-24-15-9-4-3-7-13(15)19/h3-4,7,9,14H,2,5-6,8,10-12H2,1H3/t14-/m1/s1. The van der Waals surface area contributed by atoms with E-state index < -0.39 is 5.82 Å². The van der Waals surface area contributed by atoms with Crippen LogP contribution in [0.25, 0.3) is 0 Å². The normalized spacial score (nSPS) is 17.0. The molecule has 1 amide bonds. The van der Waals surface area contributed by atoms with E-state index in [-0.39, 0.29) is 17.7 Å². The Kier molecular flexibility index (Phi) is 5.63. The van der Waals surface area contributed by atoms with E-state index >= 15 is 0 Å². The van der Waals surface area contributed by atoms with Gasteiger partial charge in [-0.25, -0.2) is 4.39 Å². The molecule has 1 saturated heterocycles. The van der Waals surface area contributed by atoms with Gasteiger partial charge >= 0.3 is 0 Å². The van der Waals surface area contributed by atoms with Crippen LogP contribution in [0.3, 0.4) is 0 Å². The number of hydrogen-bond acceptors (Lipinski definition) is 5. The first-order valence-corrected chi connectivity index (χ1v) is 8.68. The molecule has 0 N–H and O–H groups in total. The van der Waals surface area contributed by atoms with Gasteiger partial charge < -0.3 is 14.2 Å². The van der Waals surface area contributed by atoms with Crippen LogP contribution in [-0.2, 0) is 11.2 Å². The molecule has 0 bridgehead atoms. The van der Waals surface area contributed by atoms with Crippen molar-refractivity contribution in [2.75, 3.05) is 13.2 Å². The highest BCUT2D eigenvalue weighted by atomic mass is 19.1. The number of aromatic nitrogens is 2. The molecule has 1 aliphatic rings. The summed E-state index contributed by atoms with van der Waals surface area (Å²) in [6, 6.07) is 6.15. The van der Waals surface area contributed by atoms with E-state index in [0.717, 1.165) is 12.8 Å². The van der Waals surface area contributed by atoms with Crippen molar-refractivity contribution in [3.05, 3.63) is 41.8 Å². The third-order valence-corrected chi connectivity index (χ3v) is 4.29. The molecule has 1 atom stereocenters. The third kappa shape index (κ3) is 4.15. The van der Waals surface area contributed by atoms with Crippen molar-refractivity contribution in [2.45, 2.75) is 45.1 Å². The molecule has 25 heavy (non-hydrogen) atoms.